The number of aromatic amines is 1. The summed E-state index contributed by atoms with van der Waals surface area (Å²) in [6.45, 7) is 8.16. The summed E-state index contributed by atoms with van der Waals surface area (Å²) >= 11 is 1.58. The summed E-state index contributed by atoms with van der Waals surface area (Å²) in [5.74, 6) is 1.18. The Labute approximate surface area is 192 Å². The molecule has 0 saturated heterocycles. The zero-order valence-electron chi connectivity index (χ0n) is 18.8. The van der Waals surface area contributed by atoms with Crippen molar-refractivity contribution in [1.82, 2.24) is 29.8 Å². The largest absolute Gasteiger partial charge is 0.497 e. The predicted octanol–water partition coefficient (Wildman–Crippen LogP) is 4.34. The predicted molar refractivity (Wildman–Crippen MR) is 129 cm³/mol. The standard InChI is InChI=1S/C23H29N7OS/c1-23(2,3)28-9-5-11-30-21-19(20(24)26-14-27-21)29-22(30)32-18-12-16(31-4)6-7-17(18)15-8-10-25-13-15/h6-8,10,12-14,25,28H,5,9,11H2,1-4H3,(H2,24,26,27). The normalized spacial score (nSPS) is 11.9. The molecule has 0 aliphatic rings. The van der Waals surface area contributed by atoms with Gasteiger partial charge in [0.1, 0.15) is 12.1 Å². The van der Waals surface area contributed by atoms with E-state index in [4.69, 9.17) is 15.5 Å². The van der Waals surface area contributed by atoms with Gasteiger partial charge in [-0.3, -0.25) is 0 Å². The lowest BCUT2D eigenvalue weighted by molar-refractivity contribution is 0.412. The van der Waals surface area contributed by atoms with Gasteiger partial charge in [-0.15, -0.1) is 0 Å². The average molecular weight is 452 g/mol. The summed E-state index contributed by atoms with van der Waals surface area (Å²) < 4.78 is 7.61. The summed E-state index contributed by atoms with van der Waals surface area (Å²) in [7, 11) is 1.67. The molecule has 0 amide bonds. The van der Waals surface area contributed by atoms with Crippen LogP contribution in [0.25, 0.3) is 22.3 Å². The first-order chi connectivity index (χ1) is 15.4. The maximum atomic E-state index is 6.12. The highest BCUT2D eigenvalue weighted by molar-refractivity contribution is 7.99. The Morgan fingerprint density at radius 2 is 2.06 bits per heavy atom. The third kappa shape index (κ3) is 4.89. The SMILES string of the molecule is COc1ccc(-c2cc[nH]c2)c(Sc2nc3c(N)ncnc3n2CCCNC(C)(C)C)c1. The van der Waals surface area contributed by atoms with Crippen LogP contribution in [0.5, 0.6) is 5.75 Å². The van der Waals surface area contributed by atoms with Crippen LogP contribution in [0.2, 0.25) is 0 Å². The van der Waals surface area contributed by atoms with Crippen molar-refractivity contribution in [2.24, 2.45) is 0 Å². The molecule has 4 N–H and O–H groups in total. The van der Waals surface area contributed by atoms with Crippen LogP contribution >= 0.6 is 11.8 Å². The molecule has 0 unspecified atom stereocenters. The minimum Gasteiger partial charge on any atom is -0.497 e. The van der Waals surface area contributed by atoms with E-state index in [-0.39, 0.29) is 5.54 Å². The molecule has 0 atom stereocenters. The highest BCUT2D eigenvalue weighted by Crippen LogP contribution is 2.39. The highest BCUT2D eigenvalue weighted by Gasteiger charge is 2.18. The Hall–Kier alpha value is -3.04. The zero-order chi connectivity index (χ0) is 22.7. The lowest BCUT2D eigenvalue weighted by Crippen LogP contribution is -2.36. The number of imidazole rings is 1. The van der Waals surface area contributed by atoms with Crippen LogP contribution in [0.1, 0.15) is 27.2 Å². The Morgan fingerprint density at radius 1 is 1.22 bits per heavy atom. The van der Waals surface area contributed by atoms with Crippen molar-refractivity contribution in [2.75, 3.05) is 19.4 Å². The summed E-state index contributed by atoms with van der Waals surface area (Å²) in [5, 5.41) is 4.36. The van der Waals surface area contributed by atoms with Crippen LogP contribution < -0.4 is 15.8 Å². The molecule has 9 heteroatoms. The molecule has 0 bridgehead atoms. The molecule has 4 aromatic rings. The molecule has 0 aliphatic carbocycles. The molecule has 3 heterocycles. The summed E-state index contributed by atoms with van der Waals surface area (Å²) in [6.07, 6.45) is 6.33. The van der Waals surface area contributed by atoms with E-state index in [1.165, 1.54) is 6.33 Å². The lowest BCUT2D eigenvalue weighted by atomic mass is 10.1. The summed E-state index contributed by atoms with van der Waals surface area (Å²) in [6, 6.07) is 8.12. The molecule has 4 rings (SSSR count). The van der Waals surface area contributed by atoms with Crippen molar-refractivity contribution in [1.29, 1.82) is 0 Å². The van der Waals surface area contributed by atoms with Crippen LogP contribution in [0.15, 0.2) is 53.0 Å². The first kappa shape index (κ1) is 22.2. The monoisotopic (exact) mass is 451 g/mol. The maximum absolute atomic E-state index is 6.12. The first-order valence-corrected chi connectivity index (χ1v) is 11.4. The van der Waals surface area contributed by atoms with Gasteiger partial charge in [0.2, 0.25) is 0 Å². The molecule has 32 heavy (non-hydrogen) atoms. The molecule has 0 radical (unpaired) electrons. The van der Waals surface area contributed by atoms with E-state index in [1.54, 1.807) is 18.9 Å². The van der Waals surface area contributed by atoms with Gasteiger partial charge < -0.3 is 25.3 Å². The molecule has 0 saturated carbocycles. The van der Waals surface area contributed by atoms with Gasteiger partial charge in [-0.25, -0.2) is 15.0 Å². The third-order valence-electron chi connectivity index (χ3n) is 5.04. The minimum atomic E-state index is 0.0766. The molecule has 0 spiro atoms. The third-order valence-corrected chi connectivity index (χ3v) is 6.09. The van der Waals surface area contributed by atoms with Crippen molar-refractivity contribution < 1.29 is 4.74 Å². The van der Waals surface area contributed by atoms with Gasteiger partial charge in [0, 0.05) is 34.9 Å². The zero-order valence-corrected chi connectivity index (χ0v) is 19.7. The van der Waals surface area contributed by atoms with Gasteiger partial charge in [-0.2, -0.15) is 0 Å². The van der Waals surface area contributed by atoms with Crippen LogP contribution in [0.3, 0.4) is 0 Å². The van der Waals surface area contributed by atoms with Gasteiger partial charge in [-0.1, -0.05) is 11.8 Å². The van der Waals surface area contributed by atoms with Crippen molar-refractivity contribution in [3.63, 3.8) is 0 Å². The van der Waals surface area contributed by atoms with Gasteiger partial charge in [0.05, 0.1) is 7.11 Å². The van der Waals surface area contributed by atoms with E-state index in [0.717, 1.165) is 52.1 Å². The highest BCUT2D eigenvalue weighted by atomic mass is 32.2. The smallest absolute Gasteiger partial charge is 0.175 e. The lowest BCUT2D eigenvalue weighted by Gasteiger charge is -2.20. The number of hydrogen-bond acceptors (Lipinski definition) is 7. The van der Waals surface area contributed by atoms with Crippen molar-refractivity contribution in [3.05, 3.63) is 43.0 Å². The van der Waals surface area contributed by atoms with E-state index >= 15 is 0 Å². The van der Waals surface area contributed by atoms with Crippen LogP contribution in [-0.4, -0.2) is 43.7 Å². The molecule has 1 aromatic carbocycles. The number of nitrogens with two attached hydrogens (primary N) is 1. The summed E-state index contributed by atoms with van der Waals surface area (Å²) in [4.78, 5) is 17.6. The average Bonchev–Trinajstić information content (AvgIpc) is 3.40. The fraction of sp³-hybridized carbons (Fsp3) is 0.348. The number of methoxy groups -OCH3 is 1. The number of aromatic nitrogens is 5. The molecular weight excluding hydrogens is 422 g/mol. The van der Waals surface area contributed by atoms with Crippen LogP contribution in [0, 0.1) is 0 Å². The van der Waals surface area contributed by atoms with E-state index in [9.17, 15) is 0 Å². The van der Waals surface area contributed by atoms with Crippen LogP contribution in [-0.2, 0) is 6.54 Å². The first-order valence-electron chi connectivity index (χ1n) is 10.6. The van der Waals surface area contributed by atoms with Crippen LogP contribution in [0.4, 0.5) is 5.82 Å². The number of benzene rings is 1. The number of aryl methyl sites for hydroxylation is 1. The number of hydrogen-bond donors (Lipinski definition) is 3. The molecule has 8 nitrogen and oxygen atoms in total. The molecule has 0 aliphatic heterocycles. The second-order valence-corrected chi connectivity index (χ2v) is 9.58. The van der Waals surface area contributed by atoms with E-state index in [0.29, 0.717) is 11.3 Å². The summed E-state index contributed by atoms with van der Waals surface area (Å²) in [5.41, 5.74) is 9.79. The van der Waals surface area contributed by atoms with Gasteiger partial charge >= 0.3 is 0 Å². The van der Waals surface area contributed by atoms with Crippen molar-refractivity contribution in [2.45, 2.75) is 49.3 Å². The molecular formula is C23H29N7OS. The Morgan fingerprint density at radius 3 is 2.78 bits per heavy atom. The van der Waals surface area contributed by atoms with Crippen molar-refractivity contribution >= 4 is 28.7 Å². The number of nitrogens with one attached hydrogen (secondary N) is 2. The second kappa shape index (κ2) is 9.22. The van der Waals surface area contributed by atoms with E-state index < -0.39 is 0 Å². The Bertz CT molecular complexity index is 1200. The number of H-pyrrole nitrogens is 1. The fourth-order valence-electron chi connectivity index (χ4n) is 3.46. The second-order valence-electron chi connectivity index (χ2n) is 8.57. The molecule has 3 aromatic heterocycles. The van der Waals surface area contributed by atoms with Crippen molar-refractivity contribution in [3.8, 4) is 16.9 Å². The molecule has 0 fully saturated rings. The Kier molecular flexibility index (Phi) is 6.38. The number of fused-ring (bicyclic) bond motifs is 1. The number of nitrogen functional groups attached to an aromatic ring is 1. The van der Waals surface area contributed by atoms with E-state index in [1.807, 2.05) is 24.5 Å². The number of nitrogens with zero attached hydrogens (tertiary/aromatic N) is 4. The van der Waals surface area contributed by atoms with Gasteiger partial charge in [0.25, 0.3) is 0 Å². The number of ether oxygens (including phenoxy) is 1. The number of rotatable bonds is 8. The van der Waals surface area contributed by atoms with Gasteiger partial charge in [-0.05, 0) is 63.6 Å². The Balaban J connectivity index is 1.71. The number of anilines is 1. The fourth-order valence-corrected chi connectivity index (χ4v) is 4.55. The maximum Gasteiger partial charge on any atom is 0.175 e. The minimum absolute atomic E-state index is 0.0766. The quantitative estimate of drug-likeness (QED) is 0.342. The molecule has 168 valence electrons. The van der Waals surface area contributed by atoms with E-state index in [2.05, 4.69) is 57.7 Å². The van der Waals surface area contributed by atoms with Gasteiger partial charge in [0.15, 0.2) is 22.1 Å². The topological polar surface area (TPSA) is 107 Å².